The summed E-state index contributed by atoms with van der Waals surface area (Å²) in [6.07, 6.45) is 9.89. The number of nitrogens with zero attached hydrogens (tertiary/aromatic N) is 4. The van der Waals surface area contributed by atoms with Crippen LogP contribution in [0, 0.1) is 0 Å². The van der Waals surface area contributed by atoms with E-state index in [0.717, 1.165) is 18.1 Å². The van der Waals surface area contributed by atoms with Crippen molar-refractivity contribution in [1.82, 2.24) is 24.4 Å². The van der Waals surface area contributed by atoms with Crippen LogP contribution < -0.4 is 5.32 Å². The Morgan fingerprint density at radius 1 is 1.45 bits per heavy atom. The lowest BCUT2D eigenvalue weighted by Crippen LogP contribution is -2.38. The largest absolute Gasteiger partial charge is 0.351 e. The van der Waals surface area contributed by atoms with Gasteiger partial charge in [0.05, 0.1) is 12.1 Å². The molecule has 2 heterocycles. The number of nitrogens with one attached hydrogen (secondary N) is 1. The second kappa shape index (κ2) is 7.14. The second-order valence-electron chi connectivity index (χ2n) is 4.54. The maximum atomic E-state index is 12.0. The summed E-state index contributed by atoms with van der Waals surface area (Å²) in [5.41, 5.74) is 0. The van der Waals surface area contributed by atoms with E-state index in [-0.39, 0.29) is 11.9 Å². The number of thioether (sulfide) groups is 1. The van der Waals surface area contributed by atoms with Crippen molar-refractivity contribution in [3.05, 3.63) is 31.1 Å². The van der Waals surface area contributed by atoms with E-state index >= 15 is 0 Å². The van der Waals surface area contributed by atoms with E-state index in [1.165, 1.54) is 11.8 Å². The lowest BCUT2D eigenvalue weighted by atomic mass is 10.2. The summed E-state index contributed by atoms with van der Waals surface area (Å²) in [5.74, 6) is 0.413. The Morgan fingerprint density at radius 3 is 2.90 bits per heavy atom. The molecule has 1 amide bonds. The van der Waals surface area contributed by atoms with Crippen LogP contribution in [0.4, 0.5) is 0 Å². The molecule has 0 aromatic carbocycles. The molecule has 20 heavy (non-hydrogen) atoms. The van der Waals surface area contributed by atoms with Crippen molar-refractivity contribution in [2.75, 3.05) is 5.75 Å². The molecule has 108 valence electrons. The highest BCUT2D eigenvalue weighted by atomic mass is 32.2. The van der Waals surface area contributed by atoms with Crippen LogP contribution >= 0.6 is 11.8 Å². The lowest BCUT2D eigenvalue weighted by Gasteiger charge is -2.17. The van der Waals surface area contributed by atoms with Crippen LogP contribution in [0.1, 0.15) is 13.3 Å². The quantitative estimate of drug-likeness (QED) is 0.782. The van der Waals surface area contributed by atoms with Crippen LogP contribution in [0.2, 0.25) is 0 Å². The minimum Gasteiger partial charge on any atom is -0.351 e. The fourth-order valence-corrected chi connectivity index (χ4v) is 2.56. The van der Waals surface area contributed by atoms with Gasteiger partial charge in [-0.05, 0) is 6.42 Å². The average Bonchev–Trinajstić information content (AvgIpc) is 3.07. The van der Waals surface area contributed by atoms with Crippen molar-refractivity contribution >= 4 is 17.7 Å². The number of aryl methyl sites for hydroxylation is 1. The zero-order valence-electron chi connectivity index (χ0n) is 11.7. The molecule has 6 nitrogen and oxygen atoms in total. The molecule has 2 rings (SSSR count). The Balaban J connectivity index is 1.79. The minimum atomic E-state index is 0.0324. The number of hydrogen-bond acceptors (Lipinski definition) is 4. The molecule has 7 heteroatoms. The summed E-state index contributed by atoms with van der Waals surface area (Å²) in [5, 5.41) is 3.89. The molecule has 0 saturated heterocycles. The molecular formula is C13H19N5OS. The van der Waals surface area contributed by atoms with E-state index in [9.17, 15) is 4.79 Å². The number of aromatic nitrogens is 4. The van der Waals surface area contributed by atoms with E-state index < -0.39 is 0 Å². The first-order chi connectivity index (χ1) is 9.69. The van der Waals surface area contributed by atoms with Crippen LogP contribution in [0.5, 0.6) is 0 Å². The molecule has 1 N–H and O–H groups in total. The maximum absolute atomic E-state index is 12.0. The summed E-state index contributed by atoms with van der Waals surface area (Å²) >= 11 is 1.44. The molecule has 1 atom stereocenters. The van der Waals surface area contributed by atoms with Gasteiger partial charge in [-0.2, -0.15) is 0 Å². The number of carbonyl (C=O) groups excluding carboxylic acids is 1. The van der Waals surface area contributed by atoms with Crippen LogP contribution in [-0.4, -0.2) is 36.8 Å². The molecule has 0 aliphatic rings. The second-order valence-corrected chi connectivity index (χ2v) is 5.48. The van der Waals surface area contributed by atoms with Gasteiger partial charge >= 0.3 is 0 Å². The predicted molar refractivity (Wildman–Crippen MR) is 78.4 cm³/mol. The van der Waals surface area contributed by atoms with E-state index in [2.05, 4.69) is 22.2 Å². The summed E-state index contributed by atoms with van der Waals surface area (Å²) in [6, 6.07) is 0.124. The topological polar surface area (TPSA) is 64.7 Å². The van der Waals surface area contributed by atoms with Gasteiger partial charge < -0.3 is 14.5 Å². The van der Waals surface area contributed by atoms with Gasteiger partial charge in [0.1, 0.15) is 0 Å². The predicted octanol–water partition coefficient (Wildman–Crippen LogP) is 1.30. The number of imidazole rings is 2. The highest BCUT2D eigenvalue weighted by Crippen LogP contribution is 2.13. The molecule has 2 aromatic heterocycles. The molecule has 0 saturated carbocycles. The molecule has 1 unspecified atom stereocenters. The standard InChI is InChI=1S/C13H19N5OS/c1-3-11(8-18-7-4-14-10-18)16-12(19)9-20-13-15-5-6-17(13)2/h4-7,10-11H,3,8-9H2,1-2H3,(H,16,19). The number of rotatable bonds is 7. The Bertz CT molecular complexity index is 537. The fourth-order valence-electron chi connectivity index (χ4n) is 1.82. The molecular weight excluding hydrogens is 274 g/mol. The Labute approximate surface area is 122 Å². The van der Waals surface area contributed by atoms with Crippen molar-refractivity contribution in [2.45, 2.75) is 31.1 Å². The van der Waals surface area contributed by atoms with Crippen molar-refractivity contribution in [3.63, 3.8) is 0 Å². The number of carbonyl (C=O) groups is 1. The zero-order chi connectivity index (χ0) is 14.4. The molecule has 0 bridgehead atoms. The van der Waals surface area contributed by atoms with Gasteiger partial charge in [0.25, 0.3) is 0 Å². The van der Waals surface area contributed by atoms with Gasteiger partial charge in [-0.3, -0.25) is 4.79 Å². The summed E-state index contributed by atoms with van der Waals surface area (Å²) in [6.45, 7) is 2.81. The number of hydrogen-bond donors (Lipinski definition) is 1. The smallest absolute Gasteiger partial charge is 0.230 e. The fraction of sp³-hybridized carbons (Fsp3) is 0.462. The van der Waals surface area contributed by atoms with E-state index in [0.29, 0.717) is 5.75 Å². The Morgan fingerprint density at radius 2 is 2.30 bits per heavy atom. The maximum Gasteiger partial charge on any atom is 0.230 e. The van der Waals surface area contributed by atoms with E-state index in [1.807, 2.05) is 28.6 Å². The molecule has 0 aliphatic heterocycles. The van der Waals surface area contributed by atoms with Crippen molar-refractivity contribution in [3.8, 4) is 0 Å². The minimum absolute atomic E-state index is 0.0324. The number of amides is 1. The van der Waals surface area contributed by atoms with Gasteiger partial charge in [-0.1, -0.05) is 18.7 Å². The third-order valence-corrected chi connectivity index (χ3v) is 4.02. The van der Waals surface area contributed by atoms with Crippen molar-refractivity contribution < 1.29 is 4.79 Å². The molecule has 2 aromatic rings. The molecule has 0 aliphatic carbocycles. The van der Waals surface area contributed by atoms with Gasteiger partial charge in [-0.25, -0.2) is 9.97 Å². The van der Waals surface area contributed by atoms with E-state index in [4.69, 9.17) is 0 Å². The Kier molecular flexibility index (Phi) is 5.23. The first-order valence-electron chi connectivity index (χ1n) is 6.54. The SMILES string of the molecule is CCC(Cn1ccnc1)NC(=O)CSc1nccn1C. The molecule has 0 spiro atoms. The van der Waals surface area contributed by atoms with Crippen LogP contribution in [0.25, 0.3) is 0 Å². The molecule has 0 radical (unpaired) electrons. The zero-order valence-corrected chi connectivity index (χ0v) is 12.5. The first-order valence-corrected chi connectivity index (χ1v) is 7.52. The van der Waals surface area contributed by atoms with Gasteiger partial charge in [0.15, 0.2) is 5.16 Å². The third-order valence-electron chi connectivity index (χ3n) is 2.96. The summed E-state index contributed by atoms with van der Waals surface area (Å²) in [7, 11) is 1.92. The highest BCUT2D eigenvalue weighted by Gasteiger charge is 2.12. The van der Waals surface area contributed by atoms with Gasteiger partial charge in [0.2, 0.25) is 5.91 Å². The normalized spacial score (nSPS) is 12.3. The first kappa shape index (κ1) is 14.6. The van der Waals surface area contributed by atoms with Gasteiger partial charge in [0, 0.05) is 44.4 Å². The monoisotopic (exact) mass is 293 g/mol. The average molecular weight is 293 g/mol. The summed E-state index contributed by atoms with van der Waals surface area (Å²) < 4.78 is 3.88. The van der Waals surface area contributed by atoms with Crippen LogP contribution in [-0.2, 0) is 18.4 Å². The van der Waals surface area contributed by atoms with E-state index in [1.54, 1.807) is 18.7 Å². The summed E-state index contributed by atoms with van der Waals surface area (Å²) in [4.78, 5) is 20.1. The Hall–Kier alpha value is -1.76. The van der Waals surface area contributed by atoms with Crippen LogP contribution in [0.15, 0.2) is 36.3 Å². The van der Waals surface area contributed by atoms with Crippen molar-refractivity contribution in [2.24, 2.45) is 7.05 Å². The third kappa shape index (κ3) is 4.12. The van der Waals surface area contributed by atoms with Crippen molar-refractivity contribution in [1.29, 1.82) is 0 Å². The van der Waals surface area contributed by atoms with Crippen LogP contribution in [0.3, 0.4) is 0 Å². The lowest BCUT2D eigenvalue weighted by molar-refractivity contribution is -0.119. The van der Waals surface area contributed by atoms with Gasteiger partial charge in [-0.15, -0.1) is 0 Å². The highest BCUT2D eigenvalue weighted by molar-refractivity contribution is 7.99. The molecule has 0 fully saturated rings.